The van der Waals surface area contributed by atoms with Gasteiger partial charge in [0.15, 0.2) is 12.4 Å². The van der Waals surface area contributed by atoms with Gasteiger partial charge in [0.2, 0.25) is 5.91 Å². The highest BCUT2D eigenvalue weighted by Crippen LogP contribution is 2.33. The zero-order chi connectivity index (χ0) is 18.3. The lowest BCUT2D eigenvalue weighted by Crippen LogP contribution is -2.41. The number of hydrogen-bond acceptors (Lipinski definition) is 5. The van der Waals surface area contributed by atoms with Crippen LogP contribution in [0.5, 0.6) is 5.75 Å². The van der Waals surface area contributed by atoms with Crippen LogP contribution in [0.2, 0.25) is 10.0 Å². The molecule has 24 heavy (non-hydrogen) atoms. The molecular formula is C15H18Cl2N2O5. The zero-order valence-corrected chi connectivity index (χ0v) is 15.0. The van der Waals surface area contributed by atoms with Gasteiger partial charge in [-0.1, -0.05) is 23.2 Å². The number of rotatable bonds is 7. The van der Waals surface area contributed by atoms with Crippen molar-refractivity contribution in [3.05, 3.63) is 27.7 Å². The van der Waals surface area contributed by atoms with Crippen molar-refractivity contribution in [2.24, 2.45) is 0 Å². The van der Waals surface area contributed by atoms with Gasteiger partial charge >= 0.3 is 5.97 Å². The van der Waals surface area contributed by atoms with Gasteiger partial charge in [-0.15, -0.1) is 0 Å². The molecule has 0 atom stereocenters. The number of methoxy groups -OCH3 is 1. The predicted octanol–water partition coefficient (Wildman–Crippen LogP) is 1.80. The van der Waals surface area contributed by atoms with Crippen LogP contribution in [0, 0.1) is 0 Å². The highest BCUT2D eigenvalue weighted by atomic mass is 35.5. The van der Waals surface area contributed by atoms with E-state index in [-0.39, 0.29) is 39.9 Å². The summed E-state index contributed by atoms with van der Waals surface area (Å²) in [6, 6.07) is 2.61. The summed E-state index contributed by atoms with van der Waals surface area (Å²) in [7, 11) is 1.39. The first-order chi connectivity index (χ1) is 11.2. The fourth-order valence-electron chi connectivity index (χ4n) is 1.69. The summed E-state index contributed by atoms with van der Waals surface area (Å²) in [6.07, 6.45) is 0. The van der Waals surface area contributed by atoms with Crippen molar-refractivity contribution in [2.45, 2.75) is 19.9 Å². The van der Waals surface area contributed by atoms with Crippen LogP contribution in [0.25, 0.3) is 0 Å². The maximum absolute atomic E-state index is 11.9. The zero-order valence-electron chi connectivity index (χ0n) is 13.4. The second kappa shape index (κ2) is 9.34. The first-order valence-corrected chi connectivity index (χ1v) is 7.76. The molecule has 1 aromatic rings. The Bertz CT molecular complexity index is 611. The maximum atomic E-state index is 11.9. The van der Waals surface area contributed by atoms with Crippen molar-refractivity contribution in [1.82, 2.24) is 10.6 Å². The van der Waals surface area contributed by atoms with E-state index in [1.807, 2.05) is 0 Å². The van der Waals surface area contributed by atoms with E-state index in [1.54, 1.807) is 13.8 Å². The first kappa shape index (κ1) is 20.1. The lowest BCUT2D eigenvalue weighted by Gasteiger charge is -2.10. The van der Waals surface area contributed by atoms with Crippen LogP contribution < -0.4 is 15.4 Å². The molecule has 0 aliphatic carbocycles. The van der Waals surface area contributed by atoms with Crippen molar-refractivity contribution >= 4 is 41.0 Å². The molecule has 2 amide bonds. The van der Waals surface area contributed by atoms with E-state index < -0.39 is 18.5 Å². The molecule has 0 aromatic heterocycles. The number of ether oxygens (including phenoxy) is 2. The Hall–Kier alpha value is -1.99. The molecule has 0 spiro atoms. The van der Waals surface area contributed by atoms with Crippen molar-refractivity contribution in [2.75, 3.05) is 20.3 Å². The average molecular weight is 377 g/mol. The van der Waals surface area contributed by atoms with Crippen LogP contribution in [0.4, 0.5) is 0 Å². The normalized spacial score (nSPS) is 10.2. The van der Waals surface area contributed by atoms with Crippen LogP contribution >= 0.6 is 23.2 Å². The third-order valence-electron chi connectivity index (χ3n) is 2.67. The van der Waals surface area contributed by atoms with E-state index in [4.69, 9.17) is 32.7 Å². The molecule has 0 aliphatic heterocycles. The van der Waals surface area contributed by atoms with Gasteiger partial charge in [-0.05, 0) is 26.0 Å². The number of carbonyl (C=O) groups excluding carboxylic acids is 3. The second-order valence-electron chi connectivity index (χ2n) is 5.05. The summed E-state index contributed by atoms with van der Waals surface area (Å²) in [4.78, 5) is 34.8. The third kappa shape index (κ3) is 6.25. The van der Waals surface area contributed by atoms with Crippen LogP contribution in [-0.4, -0.2) is 44.1 Å². The maximum Gasteiger partial charge on any atom is 0.338 e. The molecule has 0 heterocycles. The molecule has 0 radical (unpaired) electrons. The smallest absolute Gasteiger partial charge is 0.338 e. The summed E-state index contributed by atoms with van der Waals surface area (Å²) in [5.41, 5.74) is 0.0798. The molecule has 1 rings (SSSR count). The van der Waals surface area contributed by atoms with E-state index in [2.05, 4.69) is 10.6 Å². The van der Waals surface area contributed by atoms with E-state index in [1.165, 1.54) is 19.2 Å². The van der Waals surface area contributed by atoms with Crippen molar-refractivity contribution < 1.29 is 23.9 Å². The summed E-state index contributed by atoms with van der Waals surface area (Å²) in [5.74, 6) is -1.47. The van der Waals surface area contributed by atoms with Crippen molar-refractivity contribution in [3.63, 3.8) is 0 Å². The van der Waals surface area contributed by atoms with E-state index in [0.29, 0.717) is 0 Å². The summed E-state index contributed by atoms with van der Waals surface area (Å²) in [5, 5.41) is 5.24. The first-order valence-electron chi connectivity index (χ1n) is 7.00. The number of hydrogen-bond donors (Lipinski definition) is 2. The molecule has 9 heteroatoms. The van der Waals surface area contributed by atoms with Gasteiger partial charge in [0, 0.05) is 6.04 Å². The Labute approximate surface area is 149 Å². The molecule has 0 aliphatic rings. The largest absolute Gasteiger partial charge is 0.494 e. The summed E-state index contributed by atoms with van der Waals surface area (Å²) >= 11 is 11.9. The number of nitrogens with one attached hydrogen (secondary N) is 2. The SMILES string of the molecule is COc1c(Cl)cc(C(=O)OCC(=O)NCC(=O)NC(C)C)cc1Cl. The van der Waals surface area contributed by atoms with Gasteiger partial charge in [-0.25, -0.2) is 4.79 Å². The Kier molecular flexibility index (Phi) is 7.81. The van der Waals surface area contributed by atoms with Gasteiger partial charge in [-0.2, -0.15) is 0 Å². The molecular weight excluding hydrogens is 359 g/mol. The highest BCUT2D eigenvalue weighted by Gasteiger charge is 2.16. The molecule has 0 fully saturated rings. The van der Waals surface area contributed by atoms with E-state index >= 15 is 0 Å². The Morgan fingerprint density at radius 3 is 2.21 bits per heavy atom. The molecule has 0 saturated heterocycles. The molecule has 0 unspecified atom stereocenters. The van der Waals surface area contributed by atoms with Crippen LogP contribution in [0.15, 0.2) is 12.1 Å². The fourth-order valence-corrected chi connectivity index (χ4v) is 2.33. The molecule has 7 nitrogen and oxygen atoms in total. The average Bonchev–Trinajstić information content (AvgIpc) is 2.49. The minimum Gasteiger partial charge on any atom is -0.494 e. The molecule has 0 saturated carbocycles. The molecule has 0 bridgehead atoms. The summed E-state index contributed by atoms with van der Waals surface area (Å²) in [6.45, 7) is 2.86. The molecule has 1 aromatic carbocycles. The second-order valence-corrected chi connectivity index (χ2v) is 5.86. The van der Waals surface area contributed by atoms with Gasteiger partial charge in [0.05, 0.1) is 29.3 Å². The number of benzene rings is 1. The number of amides is 2. The molecule has 2 N–H and O–H groups in total. The van der Waals surface area contributed by atoms with Gasteiger partial charge in [-0.3, -0.25) is 9.59 Å². The lowest BCUT2D eigenvalue weighted by molar-refractivity contribution is -0.128. The minimum atomic E-state index is -0.775. The fraction of sp³-hybridized carbons (Fsp3) is 0.400. The lowest BCUT2D eigenvalue weighted by atomic mass is 10.2. The molecule has 132 valence electrons. The predicted molar refractivity (Wildman–Crippen MR) is 89.6 cm³/mol. The van der Waals surface area contributed by atoms with Crippen molar-refractivity contribution in [3.8, 4) is 5.75 Å². The Morgan fingerprint density at radius 1 is 1.12 bits per heavy atom. The number of halogens is 2. The van der Waals surface area contributed by atoms with Gasteiger partial charge in [0.1, 0.15) is 0 Å². The van der Waals surface area contributed by atoms with Gasteiger partial charge in [0.25, 0.3) is 5.91 Å². The summed E-state index contributed by atoms with van der Waals surface area (Å²) < 4.78 is 9.82. The van der Waals surface area contributed by atoms with Crippen LogP contribution in [0.3, 0.4) is 0 Å². The highest BCUT2D eigenvalue weighted by molar-refractivity contribution is 6.37. The standard InChI is InChI=1S/C15H18Cl2N2O5/c1-8(2)19-12(20)6-18-13(21)7-24-15(22)9-4-10(16)14(23-3)11(17)5-9/h4-5,8H,6-7H2,1-3H3,(H,18,21)(H,19,20). The number of esters is 1. The third-order valence-corrected chi connectivity index (χ3v) is 3.23. The van der Waals surface area contributed by atoms with E-state index in [0.717, 1.165) is 0 Å². The monoisotopic (exact) mass is 376 g/mol. The number of carbonyl (C=O) groups is 3. The van der Waals surface area contributed by atoms with Gasteiger partial charge < -0.3 is 20.1 Å². The minimum absolute atomic E-state index is 0.0307. The van der Waals surface area contributed by atoms with Crippen molar-refractivity contribution in [1.29, 1.82) is 0 Å². The Balaban J connectivity index is 2.51. The topological polar surface area (TPSA) is 93.7 Å². The van der Waals surface area contributed by atoms with Crippen LogP contribution in [0.1, 0.15) is 24.2 Å². The van der Waals surface area contributed by atoms with E-state index in [9.17, 15) is 14.4 Å². The quantitative estimate of drug-likeness (QED) is 0.707. The Morgan fingerprint density at radius 2 is 1.71 bits per heavy atom. The van der Waals surface area contributed by atoms with Crippen LogP contribution in [-0.2, 0) is 14.3 Å².